The summed E-state index contributed by atoms with van der Waals surface area (Å²) >= 11 is 0. The lowest BCUT2D eigenvalue weighted by Crippen LogP contribution is -2.10. The standard InChI is InChI=1S/C11H12O/c1-11-8-5-3-2-4-7(10(8)11)6-9(11)12/h2-5,7-8,10H,6H2,1H3. The third kappa shape index (κ3) is 0.521. The molecule has 0 aromatic rings. The van der Waals surface area contributed by atoms with Crippen LogP contribution in [-0.2, 0) is 4.79 Å². The molecule has 3 aliphatic carbocycles. The lowest BCUT2D eigenvalue weighted by atomic mass is 9.98. The Kier molecular flexibility index (Phi) is 0.959. The van der Waals surface area contributed by atoms with Gasteiger partial charge in [-0.2, -0.15) is 0 Å². The predicted octanol–water partition coefficient (Wildman–Crippen LogP) is 1.95. The summed E-state index contributed by atoms with van der Waals surface area (Å²) in [6.07, 6.45) is 9.39. The van der Waals surface area contributed by atoms with E-state index >= 15 is 0 Å². The molecule has 3 rings (SSSR count). The van der Waals surface area contributed by atoms with Crippen LogP contribution in [0.3, 0.4) is 0 Å². The van der Waals surface area contributed by atoms with Crippen LogP contribution in [0.1, 0.15) is 13.3 Å². The fourth-order valence-corrected chi connectivity index (χ4v) is 3.12. The molecule has 0 amide bonds. The zero-order valence-corrected chi connectivity index (χ0v) is 7.16. The van der Waals surface area contributed by atoms with Gasteiger partial charge in [-0.3, -0.25) is 4.79 Å². The minimum Gasteiger partial charge on any atom is -0.299 e. The van der Waals surface area contributed by atoms with E-state index in [0.29, 0.717) is 23.5 Å². The fourth-order valence-electron chi connectivity index (χ4n) is 3.12. The summed E-state index contributed by atoms with van der Waals surface area (Å²) in [4.78, 5) is 11.6. The van der Waals surface area contributed by atoms with Gasteiger partial charge < -0.3 is 0 Å². The molecule has 0 radical (unpaired) electrons. The van der Waals surface area contributed by atoms with Gasteiger partial charge in [-0.15, -0.1) is 0 Å². The van der Waals surface area contributed by atoms with Crippen LogP contribution in [0.2, 0.25) is 0 Å². The third-order valence-corrected chi connectivity index (χ3v) is 3.93. The predicted molar refractivity (Wildman–Crippen MR) is 46.5 cm³/mol. The van der Waals surface area contributed by atoms with Gasteiger partial charge in [0.25, 0.3) is 0 Å². The van der Waals surface area contributed by atoms with Crippen LogP contribution in [0.4, 0.5) is 0 Å². The topological polar surface area (TPSA) is 17.1 Å². The Balaban J connectivity index is 2.09. The molecule has 62 valence electrons. The number of hydrogen-bond donors (Lipinski definition) is 0. The van der Waals surface area contributed by atoms with Gasteiger partial charge in [-0.05, 0) is 17.8 Å². The second-order valence-corrected chi connectivity index (χ2v) is 4.40. The molecule has 0 aromatic carbocycles. The largest absolute Gasteiger partial charge is 0.299 e. The van der Waals surface area contributed by atoms with Crippen LogP contribution in [0.15, 0.2) is 24.3 Å². The third-order valence-electron chi connectivity index (χ3n) is 3.93. The van der Waals surface area contributed by atoms with Crippen LogP contribution in [0.25, 0.3) is 0 Å². The minimum atomic E-state index is 0.0337. The fraction of sp³-hybridized carbons (Fsp3) is 0.545. The van der Waals surface area contributed by atoms with E-state index < -0.39 is 0 Å². The molecule has 0 aromatic heterocycles. The minimum absolute atomic E-state index is 0.0337. The highest BCUT2D eigenvalue weighted by atomic mass is 16.1. The first-order valence-electron chi connectivity index (χ1n) is 4.63. The number of carbonyl (C=O) groups is 1. The molecule has 0 heterocycles. The molecule has 2 saturated carbocycles. The first-order chi connectivity index (χ1) is 5.74. The Labute approximate surface area is 72.2 Å². The maximum atomic E-state index is 11.6. The van der Waals surface area contributed by atoms with Gasteiger partial charge >= 0.3 is 0 Å². The summed E-state index contributed by atoms with van der Waals surface area (Å²) < 4.78 is 0. The maximum Gasteiger partial charge on any atom is 0.140 e. The van der Waals surface area contributed by atoms with Crippen LogP contribution in [0, 0.1) is 23.2 Å². The number of carbonyl (C=O) groups excluding carboxylic acids is 1. The second-order valence-electron chi connectivity index (χ2n) is 4.40. The van der Waals surface area contributed by atoms with Gasteiger partial charge in [-0.1, -0.05) is 31.2 Å². The van der Waals surface area contributed by atoms with Crippen molar-refractivity contribution >= 4 is 5.78 Å². The van der Waals surface area contributed by atoms with E-state index in [2.05, 4.69) is 31.2 Å². The SMILES string of the molecule is CC12C(=O)CC3C=CC=CC1C32. The van der Waals surface area contributed by atoms with Crippen molar-refractivity contribution in [2.45, 2.75) is 13.3 Å². The number of rotatable bonds is 0. The Bertz CT molecular complexity index is 309. The zero-order valence-electron chi connectivity index (χ0n) is 7.16. The van der Waals surface area contributed by atoms with E-state index in [9.17, 15) is 4.79 Å². The molecule has 2 fully saturated rings. The van der Waals surface area contributed by atoms with Crippen LogP contribution >= 0.6 is 0 Å². The second kappa shape index (κ2) is 1.73. The summed E-state index contributed by atoms with van der Waals surface area (Å²) in [7, 11) is 0. The van der Waals surface area contributed by atoms with Gasteiger partial charge in [-0.25, -0.2) is 0 Å². The first kappa shape index (κ1) is 6.64. The Morgan fingerprint density at radius 3 is 3.00 bits per heavy atom. The lowest BCUT2D eigenvalue weighted by Gasteiger charge is -2.04. The van der Waals surface area contributed by atoms with E-state index in [4.69, 9.17) is 0 Å². The smallest absolute Gasteiger partial charge is 0.140 e. The summed E-state index contributed by atoms with van der Waals surface area (Å²) in [6, 6.07) is 0. The Hall–Kier alpha value is -0.850. The van der Waals surface area contributed by atoms with E-state index in [0.717, 1.165) is 6.42 Å². The average Bonchev–Trinajstić information content (AvgIpc) is 2.61. The zero-order chi connectivity index (χ0) is 8.34. The van der Waals surface area contributed by atoms with E-state index in [1.807, 2.05) is 0 Å². The monoisotopic (exact) mass is 160 g/mol. The first-order valence-corrected chi connectivity index (χ1v) is 4.63. The Morgan fingerprint density at radius 1 is 1.42 bits per heavy atom. The van der Waals surface area contributed by atoms with Crippen LogP contribution in [0.5, 0.6) is 0 Å². The highest BCUT2D eigenvalue weighted by Crippen LogP contribution is 2.69. The molecule has 3 aliphatic rings. The quantitative estimate of drug-likeness (QED) is 0.529. The number of Topliss-reactive ketones (excluding diaryl/α,β-unsaturated/α-hetero) is 1. The van der Waals surface area contributed by atoms with Crippen LogP contribution in [-0.4, -0.2) is 5.78 Å². The van der Waals surface area contributed by atoms with Crippen molar-refractivity contribution in [1.29, 1.82) is 0 Å². The van der Waals surface area contributed by atoms with Gasteiger partial charge in [0.2, 0.25) is 0 Å². The Morgan fingerprint density at radius 2 is 2.17 bits per heavy atom. The van der Waals surface area contributed by atoms with Gasteiger partial charge in [0.1, 0.15) is 5.78 Å². The molecule has 0 aliphatic heterocycles. The molecular formula is C11H12O. The molecule has 1 nitrogen and oxygen atoms in total. The van der Waals surface area contributed by atoms with E-state index in [-0.39, 0.29) is 5.41 Å². The summed E-state index contributed by atoms with van der Waals surface area (Å²) in [5.41, 5.74) is 0.0337. The summed E-state index contributed by atoms with van der Waals surface area (Å²) in [5.74, 6) is 2.22. The molecule has 4 unspecified atom stereocenters. The summed E-state index contributed by atoms with van der Waals surface area (Å²) in [5, 5.41) is 0. The highest BCUT2D eigenvalue weighted by Gasteiger charge is 2.70. The lowest BCUT2D eigenvalue weighted by molar-refractivity contribution is -0.122. The maximum absolute atomic E-state index is 11.6. The molecule has 1 heteroatoms. The molecule has 0 bridgehead atoms. The summed E-state index contributed by atoms with van der Waals surface area (Å²) in [6.45, 7) is 2.13. The molecule has 0 saturated heterocycles. The normalized spacial score (nSPS) is 53.8. The highest BCUT2D eigenvalue weighted by molar-refractivity contribution is 5.92. The molecule has 12 heavy (non-hydrogen) atoms. The van der Waals surface area contributed by atoms with E-state index in [1.165, 1.54) is 0 Å². The van der Waals surface area contributed by atoms with Crippen molar-refractivity contribution in [2.75, 3.05) is 0 Å². The van der Waals surface area contributed by atoms with Crippen molar-refractivity contribution < 1.29 is 4.79 Å². The van der Waals surface area contributed by atoms with Crippen LogP contribution < -0.4 is 0 Å². The average molecular weight is 160 g/mol. The van der Waals surface area contributed by atoms with Gasteiger partial charge in [0.15, 0.2) is 0 Å². The van der Waals surface area contributed by atoms with Crippen molar-refractivity contribution in [1.82, 2.24) is 0 Å². The van der Waals surface area contributed by atoms with E-state index in [1.54, 1.807) is 0 Å². The molecule has 4 atom stereocenters. The number of allylic oxidation sites excluding steroid dienone is 4. The van der Waals surface area contributed by atoms with Crippen molar-refractivity contribution in [3.63, 3.8) is 0 Å². The molecule has 0 N–H and O–H groups in total. The van der Waals surface area contributed by atoms with Crippen molar-refractivity contribution in [3.05, 3.63) is 24.3 Å². The van der Waals surface area contributed by atoms with Crippen molar-refractivity contribution in [3.8, 4) is 0 Å². The van der Waals surface area contributed by atoms with Crippen molar-refractivity contribution in [2.24, 2.45) is 23.2 Å². The van der Waals surface area contributed by atoms with Gasteiger partial charge in [0.05, 0.1) is 0 Å². The number of fused-ring (bicyclic) bond motifs is 1. The number of hydrogen-bond acceptors (Lipinski definition) is 1. The molecule has 0 spiro atoms. The van der Waals surface area contributed by atoms with Gasteiger partial charge in [0, 0.05) is 11.8 Å². The molecular weight excluding hydrogens is 148 g/mol. The number of ketones is 1.